The van der Waals surface area contributed by atoms with Crippen LogP contribution in [0.15, 0.2) is 91.0 Å². The van der Waals surface area contributed by atoms with Gasteiger partial charge in [-0.25, -0.2) is 4.79 Å². The first-order valence-corrected chi connectivity index (χ1v) is 12.1. The number of ether oxygens (including phenoxy) is 2. The van der Waals surface area contributed by atoms with E-state index >= 15 is 0 Å². The summed E-state index contributed by atoms with van der Waals surface area (Å²) in [5.74, 6) is -1.77. The van der Waals surface area contributed by atoms with Crippen LogP contribution in [0.1, 0.15) is 34.0 Å². The number of rotatable bonds is 10. The number of hydrogen-bond acceptors (Lipinski definition) is 4. The molecule has 2 atom stereocenters. The number of halogens is 3. The van der Waals surface area contributed by atoms with Crippen molar-refractivity contribution in [2.45, 2.75) is 38.5 Å². The zero-order chi connectivity index (χ0) is 28.0. The van der Waals surface area contributed by atoms with Crippen LogP contribution in [0.4, 0.5) is 13.2 Å². The molecule has 4 rings (SSSR count). The zero-order valence-corrected chi connectivity index (χ0v) is 20.9. The molecular weight excluding hydrogens is 511 g/mol. The van der Waals surface area contributed by atoms with Crippen molar-refractivity contribution in [3.63, 3.8) is 0 Å². The van der Waals surface area contributed by atoms with E-state index in [1.807, 2.05) is 42.5 Å². The van der Waals surface area contributed by atoms with Crippen LogP contribution >= 0.6 is 0 Å². The van der Waals surface area contributed by atoms with Gasteiger partial charge in [-0.1, -0.05) is 72.8 Å². The highest BCUT2D eigenvalue weighted by Crippen LogP contribution is 2.32. The lowest BCUT2D eigenvalue weighted by atomic mass is 10.0. The molecule has 0 saturated heterocycles. The molecule has 1 amide bonds. The highest BCUT2D eigenvalue weighted by molar-refractivity contribution is 6.04. The number of benzene rings is 4. The molecule has 0 bridgehead atoms. The van der Waals surface area contributed by atoms with E-state index < -0.39 is 35.8 Å². The van der Waals surface area contributed by atoms with Crippen molar-refractivity contribution in [3.05, 3.63) is 113 Å². The number of alkyl halides is 3. The van der Waals surface area contributed by atoms with Gasteiger partial charge in [-0.15, -0.1) is 0 Å². The van der Waals surface area contributed by atoms with E-state index in [1.54, 1.807) is 25.1 Å². The molecule has 6 nitrogen and oxygen atoms in total. The maximum Gasteiger partial charge on any atom is 0.416 e. The minimum absolute atomic E-state index is 0.0853. The van der Waals surface area contributed by atoms with Crippen molar-refractivity contribution >= 4 is 22.6 Å². The van der Waals surface area contributed by atoms with Crippen molar-refractivity contribution in [1.82, 2.24) is 5.32 Å². The number of carboxylic acids is 1. The molecule has 0 saturated carbocycles. The van der Waals surface area contributed by atoms with Gasteiger partial charge >= 0.3 is 12.1 Å². The number of carbonyl (C=O) groups excluding carboxylic acids is 1. The third-order valence-electron chi connectivity index (χ3n) is 6.17. The molecule has 4 aromatic carbocycles. The second-order valence-corrected chi connectivity index (χ2v) is 8.94. The minimum Gasteiger partial charge on any atom is -0.487 e. The molecule has 0 aliphatic rings. The van der Waals surface area contributed by atoms with Gasteiger partial charge in [-0.2, -0.15) is 13.2 Å². The average Bonchev–Trinajstić information content (AvgIpc) is 2.93. The highest BCUT2D eigenvalue weighted by atomic mass is 19.4. The van der Waals surface area contributed by atoms with E-state index in [2.05, 4.69) is 5.32 Å². The van der Waals surface area contributed by atoms with Crippen LogP contribution in [0.5, 0.6) is 5.75 Å². The van der Waals surface area contributed by atoms with Crippen LogP contribution in [0, 0.1) is 0 Å². The van der Waals surface area contributed by atoms with Crippen molar-refractivity contribution < 1.29 is 37.3 Å². The van der Waals surface area contributed by atoms with Gasteiger partial charge in [0.2, 0.25) is 0 Å². The number of aliphatic carboxylic acids is 1. The zero-order valence-electron chi connectivity index (χ0n) is 20.9. The van der Waals surface area contributed by atoms with Gasteiger partial charge in [-0.05, 0) is 41.6 Å². The van der Waals surface area contributed by atoms with Crippen molar-refractivity contribution in [2.24, 2.45) is 0 Å². The topological polar surface area (TPSA) is 84.9 Å². The molecule has 0 heterocycles. The lowest BCUT2D eigenvalue weighted by Gasteiger charge is -2.23. The normalized spacial score (nSPS) is 13.0. The molecule has 0 aliphatic heterocycles. The average molecular weight is 538 g/mol. The lowest BCUT2D eigenvalue weighted by molar-refractivity contribution is -0.143. The summed E-state index contributed by atoms with van der Waals surface area (Å²) in [4.78, 5) is 25.4. The molecule has 0 spiro atoms. The summed E-state index contributed by atoms with van der Waals surface area (Å²) in [5.41, 5.74) is 0.629. The van der Waals surface area contributed by atoms with E-state index in [0.29, 0.717) is 10.9 Å². The number of carboxylic acid groups (broad SMARTS) is 1. The Bertz CT molecular complexity index is 1440. The first kappa shape index (κ1) is 27.7. The number of hydrogen-bond donors (Lipinski definition) is 2. The highest BCUT2D eigenvalue weighted by Gasteiger charge is 2.31. The summed E-state index contributed by atoms with van der Waals surface area (Å²) < 4.78 is 50.4. The van der Waals surface area contributed by atoms with Crippen molar-refractivity contribution in [2.75, 3.05) is 0 Å². The molecule has 202 valence electrons. The van der Waals surface area contributed by atoms with Gasteiger partial charge in [0, 0.05) is 5.39 Å². The Morgan fingerprint density at radius 1 is 0.846 bits per heavy atom. The predicted octanol–water partition coefficient (Wildman–Crippen LogP) is 6.23. The first-order valence-electron chi connectivity index (χ1n) is 12.1. The second kappa shape index (κ2) is 12.0. The van der Waals surface area contributed by atoms with Crippen LogP contribution in [0.3, 0.4) is 0 Å². The minimum atomic E-state index is -4.46. The molecule has 4 aromatic rings. The SMILES string of the molecule is CC(OCc1ccccc1)C(NC(=O)c1ccc2ccccc2c1OCc1ccc(C(F)(F)F)cc1)C(=O)O. The molecular formula is C30H26F3NO5. The maximum absolute atomic E-state index is 13.3. The van der Waals surface area contributed by atoms with E-state index in [4.69, 9.17) is 9.47 Å². The third-order valence-corrected chi connectivity index (χ3v) is 6.17. The van der Waals surface area contributed by atoms with E-state index in [0.717, 1.165) is 23.1 Å². The first-order chi connectivity index (χ1) is 18.6. The molecule has 9 heteroatoms. The molecule has 0 radical (unpaired) electrons. The predicted molar refractivity (Wildman–Crippen MR) is 139 cm³/mol. The molecule has 0 aliphatic carbocycles. The van der Waals surface area contributed by atoms with E-state index in [1.165, 1.54) is 18.2 Å². The Morgan fingerprint density at radius 3 is 2.15 bits per heavy atom. The molecule has 39 heavy (non-hydrogen) atoms. The second-order valence-electron chi connectivity index (χ2n) is 8.94. The van der Waals surface area contributed by atoms with Crippen LogP contribution in [0.25, 0.3) is 10.8 Å². The molecule has 0 fully saturated rings. The lowest BCUT2D eigenvalue weighted by Crippen LogP contribution is -2.48. The van der Waals surface area contributed by atoms with Crippen molar-refractivity contribution in [1.29, 1.82) is 0 Å². The number of carbonyl (C=O) groups is 2. The van der Waals surface area contributed by atoms with E-state index in [-0.39, 0.29) is 24.5 Å². The van der Waals surface area contributed by atoms with Crippen LogP contribution < -0.4 is 10.1 Å². The van der Waals surface area contributed by atoms with Gasteiger partial charge in [0.05, 0.1) is 23.8 Å². The van der Waals surface area contributed by atoms with Crippen LogP contribution in [-0.2, 0) is 28.9 Å². The Kier molecular flexibility index (Phi) is 8.51. The Balaban J connectivity index is 1.55. The fraction of sp³-hybridized carbons (Fsp3) is 0.200. The summed E-state index contributed by atoms with van der Waals surface area (Å²) in [6.45, 7) is 1.62. The molecule has 2 unspecified atom stereocenters. The van der Waals surface area contributed by atoms with Crippen LogP contribution in [0.2, 0.25) is 0 Å². The van der Waals surface area contributed by atoms with Gasteiger partial charge < -0.3 is 19.9 Å². The summed E-state index contributed by atoms with van der Waals surface area (Å²) >= 11 is 0. The quantitative estimate of drug-likeness (QED) is 0.251. The Hall–Kier alpha value is -4.37. The Morgan fingerprint density at radius 2 is 1.49 bits per heavy atom. The standard InChI is InChI=1S/C30H26F3NO5/c1-19(38-17-20-7-3-2-4-8-20)26(29(36)37)34-28(35)25-16-13-22-9-5-6-10-24(22)27(25)39-18-21-11-14-23(15-12-21)30(31,32)33/h2-16,19,26H,17-18H2,1H3,(H,34,35)(H,36,37). The monoisotopic (exact) mass is 537 g/mol. The maximum atomic E-state index is 13.3. The molecule has 0 aromatic heterocycles. The smallest absolute Gasteiger partial charge is 0.416 e. The van der Waals surface area contributed by atoms with Gasteiger partial charge in [0.25, 0.3) is 5.91 Å². The number of nitrogens with one attached hydrogen (secondary N) is 1. The Labute approximate surface area is 223 Å². The van der Waals surface area contributed by atoms with Crippen molar-refractivity contribution in [3.8, 4) is 5.75 Å². The number of amides is 1. The fourth-order valence-corrected chi connectivity index (χ4v) is 4.02. The summed E-state index contributed by atoms with van der Waals surface area (Å²) in [5, 5.41) is 13.7. The third kappa shape index (κ3) is 6.94. The molecule has 2 N–H and O–H groups in total. The summed E-state index contributed by atoms with van der Waals surface area (Å²) in [7, 11) is 0. The van der Waals surface area contributed by atoms with Gasteiger partial charge in [0.1, 0.15) is 12.4 Å². The number of fused-ring (bicyclic) bond motifs is 1. The largest absolute Gasteiger partial charge is 0.487 e. The summed E-state index contributed by atoms with van der Waals surface area (Å²) in [6, 6.07) is 22.8. The fourth-order valence-electron chi connectivity index (χ4n) is 4.02. The van der Waals surface area contributed by atoms with Gasteiger partial charge in [-0.3, -0.25) is 4.79 Å². The van der Waals surface area contributed by atoms with E-state index in [9.17, 15) is 27.9 Å². The van der Waals surface area contributed by atoms with Crippen LogP contribution in [-0.4, -0.2) is 29.1 Å². The van der Waals surface area contributed by atoms with Gasteiger partial charge in [0.15, 0.2) is 6.04 Å². The summed E-state index contributed by atoms with van der Waals surface area (Å²) in [6.07, 6.45) is -5.31.